The largest absolute Gasteiger partial charge is 0.462 e. The molecule has 0 unspecified atom stereocenters. The van der Waals surface area contributed by atoms with E-state index in [1.807, 2.05) is 0 Å². The first-order chi connectivity index (χ1) is 30.0. The van der Waals surface area contributed by atoms with Crippen molar-refractivity contribution >= 4 is 17.9 Å². The molecule has 6 heteroatoms. The normalized spacial score (nSPS) is 13.0. The van der Waals surface area contributed by atoms with Gasteiger partial charge in [0.1, 0.15) is 13.2 Å². The minimum absolute atomic E-state index is 0.108. The van der Waals surface area contributed by atoms with Crippen molar-refractivity contribution in [1.82, 2.24) is 0 Å². The molecule has 0 aromatic rings. The number of hydrogen-bond donors (Lipinski definition) is 0. The molecule has 0 aliphatic carbocycles. The third-order valence-corrected chi connectivity index (χ3v) is 9.74. The fourth-order valence-corrected chi connectivity index (χ4v) is 6.11. The first-order valence-electron chi connectivity index (χ1n) is 24.4. The second-order valence-corrected chi connectivity index (χ2v) is 15.6. The summed E-state index contributed by atoms with van der Waals surface area (Å²) >= 11 is 0. The highest BCUT2D eigenvalue weighted by Gasteiger charge is 2.19. The van der Waals surface area contributed by atoms with E-state index in [1.165, 1.54) is 25.7 Å². The van der Waals surface area contributed by atoms with E-state index < -0.39 is 6.10 Å². The summed E-state index contributed by atoms with van der Waals surface area (Å²) in [5.41, 5.74) is 0. The SMILES string of the molecule is CC/C=C\C/C=C\C/C=C\C/C=C\CCCCCCC(=O)O[C@H](COC(=O)CCCC/C=C\C/C=C\C/C=C\C/C=C\CC)COC(=O)CCCCCCC/C=C\CCCC. The van der Waals surface area contributed by atoms with E-state index >= 15 is 0 Å². The van der Waals surface area contributed by atoms with Crippen LogP contribution in [0.3, 0.4) is 0 Å². The van der Waals surface area contributed by atoms with E-state index in [9.17, 15) is 14.4 Å². The van der Waals surface area contributed by atoms with Gasteiger partial charge in [0.2, 0.25) is 0 Å². The van der Waals surface area contributed by atoms with E-state index in [2.05, 4.69) is 130 Å². The smallest absolute Gasteiger partial charge is 0.306 e. The number of hydrogen-bond acceptors (Lipinski definition) is 6. The van der Waals surface area contributed by atoms with Crippen molar-refractivity contribution in [3.63, 3.8) is 0 Å². The zero-order valence-corrected chi connectivity index (χ0v) is 39.1. The van der Waals surface area contributed by atoms with Crippen LogP contribution >= 0.6 is 0 Å². The van der Waals surface area contributed by atoms with Gasteiger partial charge in [-0.25, -0.2) is 0 Å². The van der Waals surface area contributed by atoms with Crippen LogP contribution in [0.15, 0.2) is 109 Å². The Morgan fingerprint density at radius 1 is 0.344 bits per heavy atom. The Morgan fingerprint density at radius 3 is 1.05 bits per heavy atom. The Balaban J connectivity index is 4.52. The van der Waals surface area contributed by atoms with Gasteiger partial charge in [0.25, 0.3) is 0 Å². The van der Waals surface area contributed by atoms with Crippen LogP contribution in [0.5, 0.6) is 0 Å². The first-order valence-corrected chi connectivity index (χ1v) is 24.4. The molecule has 0 radical (unpaired) electrons. The molecule has 0 spiro atoms. The Labute approximate surface area is 374 Å². The summed E-state index contributed by atoms with van der Waals surface area (Å²) in [6.45, 7) is 6.28. The van der Waals surface area contributed by atoms with Gasteiger partial charge in [0.15, 0.2) is 6.10 Å². The molecular formula is C55H88O6. The number of unbranched alkanes of at least 4 members (excludes halogenated alkanes) is 13. The molecule has 0 fully saturated rings. The maximum atomic E-state index is 12.8. The lowest BCUT2D eigenvalue weighted by Gasteiger charge is -2.18. The topological polar surface area (TPSA) is 78.9 Å². The molecule has 0 amide bonds. The standard InChI is InChI=1S/C55H88O6/c1-4-7-10-13-16-19-22-24-26-27-29-31-34-37-40-43-46-49-55(58)61-52(50-59-53(56)47-44-41-38-35-32-21-18-15-12-9-6-3)51-60-54(57)48-45-42-39-36-33-30-28-25-23-20-17-14-11-8-5-2/h7-8,10-11,15-20,24-26,28-29,31,33,36,52H,4-6,9,12-14,21-23,27,30,32,34-35,37-51H2,1-3H3/b10-7-,11-8-,18-15-,19-16-,20-17-,26-24-,28-25-,31-29-,36-33-/t52-/m0/s1. The first kappa shape index (κ1) is 57.1. The molecule has 1 atom stereocenters. The van der Waals surface area contributed by atoms with Crippen LogP contribution in [-0.4, -0.2) is 37.2 Å². The maximum Gasteiger partial charge on any atom is 0.306 e. The minimum Gasteiger partial charge on any atom is -0.462 e. The van der Waals surface area contributed by atoms with Crippen LogP contribution < -0.4 is 0 Å². The van der Waals surface area contributed by atoms with Crippen LogP contribution in [-0.2, 0) is 28.6 Å². The molecule has 0 saturated carbocycles. The Bertz CT molecular complexity index is 1290. The highest BCUT2D eigenvalue weighted by molar-refractivity contribution is 5.71. The predicted molar refractivity (Wildman–Crippen MR) is 260 cm³/mol. The van der Waals surface area contributed by atoms with Gasteiger partial charge in [-0.15, -0.1) is 0 Å². The van der Waals surface area contributed by atoms with Gasteiger partial charge < -0.3 is 14.2 Å². The average molecular weight is 845 g/mol. The summed E-state index contributed by atoms with van der Waals surface area (Å²) in [7, 11) is 0. The molecule has 344 valence electrons. The fraction of sp³-hybridized carbons (Fsp3) is 0.618. The van der Waals surface area contributed by atoms with Crippen molar-refractivity contribution in [2.75, 3.05) is 13.2 Å². The number of allylic oxidation sites excluding steroid dienone is 18. The van der Waals surface area contributed by atoms with Crippen LogP contribution in [0.2, 0.25) is 0 Å². The van der Waals surface area contributed by atoms with E-state index in [4.69, 9.17) is 14.2 Å². The van der Waals surface area contributed by atoms with Gasteiger partial charge in [-0.3, -0.25) is 14.4 Å². The zero-order chi connectivity index (χ0) is 44.4. The second-order valence-electron chi connectivity index (χ2n) is 15.6. The van der Waals surface area contributed by atoms with Crippen molar-refractivity contribution in [3.05, 3.63) is 109 Å². The minimum atomic E-state index is -0.812. The van der Waals surface area contributed by atoms with Crippen molar-refractivity contribution in [2.24, 2.45) is 0 Å². The van der Waals surface area contributed by atoms with Crippen LogP contribution in [0.1, 0.15) is 201 Å². The molecule has 6 nitrogen and oxygen atoms in total. The molecule has 0 aromatic heterocycles. The number of esters is 3. The molecule has 0 aromatic carbocycles. The Hall–Kier alpha value is -3.93. The van der Waals surface area contributed by atoms with E-state index in [0.29, 0.717) is 19.3 Å². The van der Waals surface area contributed by atoms with Crippen molar-refractivity contribution in [1.29, 1.82) is 0 Å². The highest BCUT2D eigenvalue weighted by Crippen LogP contribution is 2.12. The lowest BCUT2D eigenvalue weighted by molar-refractivity contribution is -0.167. The molecule has 0 aliphatic rings. The van der Waals surface area contributed by atoms with Crippen molar-refractivity contribution in [3.8, 4) is 0 Å². The molecule has 61 heavy (non-hydrogen) atoms. The lowest BCUT2D eigenvalue weighted by atomic mass is 10.1. The summed E-state index contributed by atoms with van der Waals surface area (Å²) in [5, 5.41) is 0. The average Bonchev–Trinajstić information content (AvgIpc) is 3.26. The number of carbonyl (C=O) groups is 3. The van der Waals surface area contributed by atoms with Gasteiger partial charge in [0, 0.05) is 19.3 Å². The summed E-state index contributed by atoms with van der Waals surface area (Å²) in [6.07, 6.45) is 65.0. The summed E-state index contributed by atoms with van der Waals surface area (Å²) in [5.74, 6) is -0.994. The van der Waals surface area contributed by atoms with E-state index in [0.717, 1.165) is 128 Å². The molecule has 0 heterocycles. The van der Waals surface area contributed by atoms with Crippen molar-refractivity contribution < 1.29 is 28.6 Å². The highest BCUT2D eigenvalue weighted by atomic mass is 16.6. The summed E-state index contributed by atoms with van der Waals surface area (Å²) in [6, 6.07) is 0. The predicted octanol–water partition coefficient (Wildman–Crippen LogP) is 16.0. The number of rotatable bonds is 42. The molecule has 0 bridgehead atoms. The van der Waals surface area contributed by atoms with E-state index in [1.54, 1.807) is 0 Å². The monoisotopic (exact) mass is 845 g/mol. The van der Waals surface area contributed by atoms with Gasteiger partial charge in [0.05, 0.1) is 0 Å². The van der Waals surface area contributed by atoms with Gasteiger partial charge in [-0.2, -0.15) is 0 Å². The fourth-order valence-electron chi connectivity index (χ4n) is 6.11. The number of carbonyl (C=O) groups excluding carboxylic acids is 3. The quantitative estimate of drug-likeness (QED) is 0.0264. The third kappa shape index (κ3) is 47.0. The van der Waals surface area contributed by atoms with Gasteiger partial charge >= 0.3 is 17.9 Å². The van der Waals surface area contributed by atoms with Crippen molar-refractivity contribution in [2.45, 2.75) is 207 Å². The summed E-state index contributed by atoms with van der Waals surface area (Å²) < 4.78 is 16.7. The lowest BCUT2D eigenvalue weighted by Crippen LogP contribution is -2.30. The van der Waals surface area contributed by atoms with Crippen LogP contribution in [0.4, 0.5) is 0 Å². The summed E-state index contributed by atoms with van der Waals surface area (Å²) in [4.78, 5) is 37.9. The Morgan fingerprint density at radius 2 is 0.639 bits per heavy atom. The van der Waals surface area contributed by atoms with Crippen LogP contribution in [0.25, 0.3) is 0 Å². The second kappa shape index (κ2) is 48.7. The van der Waals surface area contributed by atoms with Gasteiger partial charge in [-0.05, 0) is 116 Å². The number of ether oxygens (including phenoxy) is 3. The maximum absolute atomic E-state index is 12.8. The molecule has 0 rings (SSSR count). The van der Waals surface area contributed by atoms with Crippen LogP contribution in [0, 0.1) is 0 Å². The Kier molecular flexibility index (Phi) is 45.6. The molecule has 0 saturated heterocycles. The third-order valence-electron chi connectivity index (χ3n) is 9.74. The zero-order valence-electron chi connectivity index (χ0n) is 39.1. The molecule has 0 N–H and O–H groups in total. The van der Waals surface area contributed by atoms with Gasteiger partial charge in [-0.1, -0.05) is 175 Å². The van der Waals surface area contributed by atoms with E-state index in [-0.39, 0.29) is 37.5 Å². The molecule has 0 aliphatic heterocycles. The molecular weight excluding hydrogens is 757 g/mol.